The van der Waals surface area contributed by atoms with Crippen LogP contribution in [0.4, 0.5) is 34.3 Å². The van der Waals surface area contributed by atoms with E-state index in [-0.39, 0.29) is 0 Å². The first-order valence-electron chi connectivity index (χ1n) is 22.4. The Morgan fingerprint density at radius 3 is 1.05 bits per heavy atom. The maximum absolute atomic E-state index is 11.0. The lowest BCUT2D eigenvalue weighted by Gasteiger charge is -2.45. The minimum atomic E-state index is -2.78. The number of benzene rings is 9. The molecule has 310 valence electrons. The number of nitriles is 1. The van der Waals surface area contributed by atoms with Gasteiger partial charge in [-0.1, -0.05) is 200 Å². The zero-order valence-corrected chi connectivity index (χ0v) is 38.0. The molecule has 10 aromatic rings. The van der Waals surface area contributed by atoms with E-state index in [0.29, 0.717) is 5.56 Å². The van der Waals surface area contributed by atoms with E-state index in [9.17, 15) is 5.26 Å². The zero-order valence-electron chi connectivity index (χ0n) is 36.0. The smallest absolute Gasteiger partial charge is 0.184 e. The monoisotopic (exact) mass is 874 g/mol. The molecule has 0 unspecified atom stereocenters. The quantitative estimate of drug-likeness (QED) is 0.150. The van der Waals surface area contributed by atoms with Crippen molar-refractivity contribution < 1.29 is 0 Å². The summed E-state index contributed by atoms with van der Waals surface area (Å²) in [5.74, 6) is 0.838. The van der Waals surface area contributed by atoms with Crippen molar-refractivity contribution in [1.29, 1.82) is 5.26 Å². The first kappa shape index (κ1) is 39.3. The molecule has 4 nitrogen and oxygen atoms in total. The van der Waals surface area contributed by atoms with E-state index in [1.807, 2.05) is 12.3 Å². The normalized spacial score (nSPS) is 13.9. The first-order valence-corrected chi connectivity index (χ1v) is 26.4. The van der Waals surface area contributed by atoms with Gasteiger partial charge in [-0.15, -0.1) is 0 Å². The molecule has 0 fully saturated rings. The molecule has 3 heterocycles. The summed E-state index contributed by atoms with van der Waals surface area (Å²) < 4.78 is 0. The number of nitrogens with zero attached hydrogens (tertiary/aromatic N) is 4. The van der Waals surface area contributed by atoms with E-state index >= 15 is 0 Å². The van der Waals surface area contributed by atoms with E-state index in [2.05, 4.69) is 259 Å². The average molecular weight is 875 g/mol. The Morgan fingerprint density at radius 2 is 0.682 bits per heavy atom. The number of para-hydroxylation sites is 4. The predicted molar refractivity (Wildman–Crippen MR) is 278 cm³/mol. The van der Waals surface area contributed by atoms with Crippen LogP contribution >= 0.6 is 0 Å². The van der Waals surface area contributed by atoms with Crippen molar-refractivity contribution in [3.05, 3.63) is 260 Å². The summed E-state index contributed by atoms with van der Waals surface area (Å²) in [6.45, 7) is 0. The summed E-state index contributed by atoms with van der Waals surface area (Å²) in [5.41, 5.74) is 7.79. The van der Waals surface area contributed by atoms with Crippen LogP contribution in [0.2, 0.25) is 0 Å². The standard InChI is InChI=1S/C60H42N4Si2/c61-42-46-41-44(37-39-51(46)63-52-29-13-17-33-56(52)65(47-21-5-1-6-22-47,48-23-7-2-8-24-48)57-34-18-14-30-53(57)63)45-38-40-60(62-43-45)64-54-31-15-19-35-58(54)66(49-25-9-3-10-26-49,50-27-11-4-12-28-50)59-36-20-16-32-55(59)64/h1-41,43H. The fourth-order valence-corrected chi connectivity index (χ4v) is 21.2. The van der Waals surface area contributed by atoms with Crippen molar-refractivity contribution in [2.24, 2.45) is 0 Å². The summed E-state index contributed by atoms with van der Waals surface area (Å²) in [7, 11) is -5.52. The third kappa shape index (κ3) is 5.84. The Hall–Kier alpha value is -8.35. The van der Waals surface area contributed by atoms with Crippen LogP contribution in [0.25, 0.3) is 11.1 Å². The molecule has 66 heavy (non-hydrogen) atoms. The third-order valence-electron chi connectivity index (χ3n) is 13.7. The van der Waals surface area contributed by atoms with Crippen LogP contribution in [0.5, 0.6) is 0 Å². The van der Waals surface area contributed by atoms with Gasteiger partial charge in [0.15, 0.2) is 16.1 Å². The topological polar surface area (TPSA) is 43.2 Å². The fraction of sp³-hybridized carbons (Fsp3) is 0. The number of hydrogen-bond acceptors (Lipinski definition) is 4. The van der Waals surface area contributed by atoms with Crippen molar-refractivity contribution in [2.45, 2.75) is 0 Å². The molecule has 1 aromatic heterocycles. The Balaban J connectivity index is 0.962. The highest BCUT2D eigenvalue weighted by Gasteiger charge is 2.50. The van der Waals surface area contributed by atoms with Gasteiger partial charge in [-0.2, -0.15) is 5.26 Å². The summed E-state index contributed by atoms with van der Waals surface area (Å²) in [4.78, 5) is 9.86. The second kappa shape index (κ2) is 16.0. The highest BCUT2D eigenvalue weighted by atomic mass is 28.3. The number of aromatic nitrogens is 1. The Bertz CT molecular complexity index is 3270. The van der Waals surface area contributed by atoms with Crippen molar-refractivity contribution in [3.63, 3.8) is 0 Å². The average Bonchev–Trinajstić information content (AvgIpc) is 3.40. The van der Waals surface area contributed by atoms with Crippen LogP contribution in [0.1, 0.15) is 5.56 Å². The van der Waals surface area contributed by atoms with Gasteiger partial charge in [-0.3, -0.25) is 4.90 Å². The lowest BCUT2D eigenvalue weighted by molar-refractivity contribution is 1.18. The van der Waals surface area contributed by atoms with Gasteiger partial charge >= 0.3 is 0 Å². The van der Waals surface area contributed by atoms with Crippen LogP contribution in [0.15, 0.2) is 255 Å². The molecule has 6 heteroatoms. The largest absolute Gasteiger partial charge is 0.309 e. The van der Waals surface area contributed by atoms with Gasteiger partial charge < -0.3 is 4.90 Å². The van der Waals surface area contributed by atoms with E-state index in [0.717, 1.165) is 45.4 Å². The molecule has 0 saturated heterocycles. The predicted octanol–water partition coefficient (Wildman–Crippen LogP) is 8.94. The Labute approximate surface area is 387 Å². The van der Waals surface area contributed by atoms with Crippen molar-refractivity contribution in [2.75, 3.05) is 9.80 Å². The van der Waals surface area contributed by atoms with Gasteiger partial charge in [-0.25, -0.2) is 4.98 Å². The van der Waals surface area contributed by atoms with E-state index in [1.165, 1.54) is 41.5 Å². The number of rotatable bonds is 7. The van der Waals surface area contributed by atoms with Gasteiger partial charge in [0, 0.05) is 34.5 Å². The van der Waals surface area contributed by atoms with Gasteiger partial charge in [-0.05, 0) is 95.6 Å². The number of fused-ring (bicyclic) bond motifs is 4. The second-order valence-electron chi connectivity index (χ2n) is 17.0. The molecule has 0 spiro atoms. The van der Waals surface area contributed by atoms with E-state index in [1.54, 1.807) is 0 Å². The molecule has 12 rings (SSSR count). The van der Waals surface area contributed by atoms with E-state index < -0.39 is 16.1 Å². The molecule has 0 atom stereocenters. The fourth-order valence-electron chi connectivity index (χ4n) is 11.0. The molecule has 0 saturated carbocycles. The molecule has 0 N–H and O–H groups in total. The molecule has 0 bridgehead atoms. The van der Waals surface area contributed by atoms with Crippen molar-refractivity contribution in [3.8, 4) is 17.2 Å². The molecular formula is C60H42N4Si2. The highest BCUT2D eigenvalue weighted by Crippen LogP contribution is 2.42. The number of anilines is 6. The van der Waals surface area contributed by atoms with Gasteiger partial charge in [0.2, 0.25) is 0 Å². The SMILES string of the molecule is N#Cc1cc(-c2ccc(N3c4ccccc4[Si](c4ccccc4)(c4ccccc4)c4ccccc43)nc2)ccc1N1c2ccccc2[Si](c2ccccc2)(c2ccccc2)c2ccccc21. The first-order chi connectivity index (χ1) is 32.7. The van der Waals surface area contributed by atoms with Crippen LogP contribution in [0, 0.1) is 11.3 Å². The summed E-state index contributed by atoms with van der Waals surface area (Å²) in [6, 6.07) is 92.7. The van der Waals surface area contributed by atoms with E-state index in [4.69, 9.17) is 4.98 Å². The molecule has 0 radical (unpaired) electrons. The zero-order chi connectivity index (χ0) is 44.1. The molecule has 2 aliphatic rings. The Kier molecular flexibility index (Phi) is 9.53. The maximum Gasteiger partial charge on any atom is 0.184 e. The summed E-state index contributed by atoms with van der Waals surface area (Å²) in [6.07, 6.45) is 1.95. The lowest BCUT2D eigenvalue weighted by atomic mass is 10.0. The second-order valence-corrected chi connectivity index (χ2v) is 24.4. The number of pyridine rings is 1. The number of hydrogen-bond donors (Lipinski definition) is 0. The van der Waals surface area contributed by atoms with Crippen molar-refractivity contribution in [1.82, 2.24) is 4.98 Å². The Morgan fingerprint density at radius 1 is 0.333 bits per heavy atom. The van der Waals surface area contributed by atoms with Crippen LogP contribution in [-0.4, -0.2) is 21.1 Å². The summed E-state index contributed by atoms with van der Waals surface area (Å²) in [5, 5.41) is 21.6. The highest BCUT2D eigenvalue weighted by molar-refractivity contribution is 7.22. The summed E-state index contributed by atoms with van der Waals surface area (Å²) >= 11 is 0. The van der Waals surface area contributed by atoms with Crippen LogP contribution in [-0.2, 0) is 0 Å². The molecule has 2 aliphatic heterocycles. The molecular weight excluding hydrogens is 833 g/mol. The van der Waals surface area contributed by atoms with Crippen LogP contribution in [0.3, 0.4) is 0 Å². The third-order valence-corrected chi connectivity index (χ3v) is 23.4. The minimum absolute atomic E-state index is 0.594. The van der Waals surface area contributed by atoms with Gasteiger partial charge in [0.1, 0.15) is 11.9 Å². The van der Waals surface area contributed by atoms with Crippen LogP contribution < -0.4 is 51.3 Å². The minimum Gasteiger partial charge on any atom is -0.309 e. The molecule has 9 aromatic carbocycles. The molecule has 0 aliphatic carbocycles. The van der Waals surface area contributed by atoms with Gasteiger partial charge in [0.05, 0.1) is 11.3 Å². The maximum atomic E-state index is 11.0. The molecule has 0 amide bonds. The lowest BCUT2D eigenvalue weighted by Crippen LogP contribution is -2.77. The van der Waals surface area contributed by atoms with Gasteiger partial charge in [0.25, 0.3) is 0 Å². The van der Waals surface area contributed by atoms with Crippen molar-refractivity contribution >= 4 is 91.9 Å².